The average Bonchev–Trinajstić information content (AvgIpc) is 2.17. The maximum absolute atomic E-state index is 10.9. The van der Waals surface area contributed by atoms with Crippen molar-refractivity contribution < 1.29 is 25.9 Å². The van der Waals surface area contributed by atoms with Crippen molar-refractivity contribution in [3.05, 3.63) is 35.4 Å². The predicted molar refractivity (Wildman–Crippen MR) is 57.4 cm³/mol. The summed E-state index contributed by atoms with van der Waals surface area (Å²) in [5.41, 5.74) is 1.61. The summed E-state index contributed by atoms with van der Waals surface area (Å²) >= 11 is 0. The molecule has 0 heterocycles. The van der Waals surface area contributed by atoms with Gasteiger partial charge in [0.15, 0.2) is 0 Å². The van der Waals surface area contributed by atoms with Gasteiger partial charge in [0.05, 0.1) is 0 Å². The van der Waals surface area contributed by atoms with E-state index in [-0.39, 0.29) is 26.6 Å². The normalized spacial score (nSPS) is 11.0. The smallest absolute Gasteiger partial charge is 0.126 e. The van der Waals surface area contributed by atoms with Gasteiger partial charge in [0.1, 0.15) is 6.29 Å². The van der Waals surface area contributed by atoms with Crippen molar-refractivity contribution in [3.8, 4) is 0 Å². The van der Waals surface area contributed by atoms with E-state index in [1.807, 2.05) is 20.2 Å². The Labute approximate surface area is 106 Å². The minimum Gasteiger partial charge on any atom is -0.311 e. The van der Waals surface area contributed by atoms with Gasteiger partial charge in [-0.25, -0.2) is 0 Å². The Kier molecular flexibility index (Phi) is 5.40. The van der Waals surface area contributed by atoms with Crippen LogP contribution in [0.25, 0.3) is 0 Å². The molecule has 0 N–H and O–H groups in total. The molecule has 0 aromatic heterocycles. The molecule has 0 fully saturated rings. The fraction of sp³-hybridized carbons (Fsp3) is 0.417. The van der Waals surface area contributed by atoms with Crippen molar-refractivity contribution in [1.29, 1.82) is 0 Å². The summed E-state index contributed by atoms with van der Waals surface area (Å²) in [5.74, 6) is 0. The van der Waals surface area contributed by atoms with Crippen LogP contribution in [-0.4, -0.2) is 25.3 Å². The van der Waals surface area contributed by atoms with Crippen molar-refractivity contribution in [3.63, 3.8) is 0 Å². The number of benzene rings is 1. The molecule has 86 valence electrons. The largest absolute Gasteiger partial charge is 0.311 e. The molecule has 0 atom stereocenters. The topological polar surface area (TPSA) is 20.3 Å². The van der Waals surface area contributed by atoms with Gasteiger partial charge in [-0.05, 0) is 19.6 Å². The van der Waals surface area contributed by atoms with Crippen LogP contribution < -0.4 is 0 Å². The van der Waals surface area contributed by atoms with E-state index in [0.717, 1.165) is 17.4 Å². The Morgan fingerprint density at radius 2 is 2.00 bits per heavy atom. The number of carbonyl (C=O) groups is 1. The van der Waals surface area contributed by atoms with E-state index >= 15 is 0 Å². The van der Waals surface area contributed by atoms with E-state index in [1.165, 1.54) is 0 Å². The first-order chi connectivity index (χ1) is 6.50. The number of nitrogens with zero attached hydrogens (tertiary/aromatic N) is 1. The first-order valence-corrected chi connectivity index (χ1v) is 4.63. The van der Waals surface area contributed by atoms with Gasteiger partial charge in [0.2, 0.25) is 0 Å². The molecule has 0 saturated heterocycles. The molecule has 3 heteroatoms. The molecule has 1 aromatic carbocycles. The quantitative estimate of drug-likeness (QED) is 0.587. The van der Waals surface area contributed by atoms with Gasteiger partial charge in [-0.3, -0.25) is 0 Å². The fourth-order valence-electron chi connectivity index (χ4n) is 1.32. The molecule has 15 heavy (non-hydrogen) atoms. The summed E-state index contributed by atoms with van der Waals surface area (Å²) in [7, 11) is 4.00. The van der Waals surface area contributed by atoms with Crippen molar-refractivity contribution in [2.45, 2.75) is 19.4 Å². The SMILES string of the molecule is CN(C)C(C)(C)c1c[c-]ccc1C=O.[Pt]. The van der Waals surface area contributed by atoms with Crippen LogP contribution in [0.3, 0.4) is 0 Å². The van der Waals surface area contributed by atoms with E-state index in [0.29, 0.717) is 0 Å². The number of hydrogen-bond acceptors (Lipinski definition) is 2. The standard InChI is InChI=1S/C12H16NO.Pt/c1-12(2,13(3)4)11-8-6-5-7-10(11)9-14;/h5,7-9H,1-4H3;/q-1;. The van der Waals surface area contributed by atoms with Crippen molar-refractivity contribution in [1.82, 2.24) is 4.90 Å². The Bertz CT molecular complexity index is 334. The maximum atomic E-state index is 10.9. The van der Waals surface area contributed by atoms with Crippen molar-refractivity contribution in [2.24, 2.45) is 0 Å². The van der Waals surface area contributed by atoms with Crippen molar-refractivity contribution >= 4 is 6.29 Å². The van der Waals surface area contributed by atoms with Crippen LogP contribution in [-0.2, 0) is 26.6 Å². The summed E-state index contributed by atoms with van der Waals surface area (Å²) in [6.45, 7) is 4.17. The fourth-order valence-corrected chi connectivity index (χ4v) is 1.32. The summed E-state index contributed by atoms with van der Waals surface area (Å²) in [6, 6.07) is 8.45. The molecule has 0 radical (unpaired) electrons. The molecule has 0 aliphatic carbocycles. The number of rotatable bonds is 3. The molecule has 2 nitrogen and oxygen atoms in total. The third-order valence-corrected chi connectivity index (χ3v) is 2.80. The van der Waals surface area contributed by atoms with Crippen LogP contribution in [0.2, 0.25) is 0 Å². The van der Waals surface area contributed by atoms with Gasteiger partial charge in [0.25, 0.3) is 0 Å². The minimum absolute atomic E-state index is 0. The Balaban J connectivity index is 0.00000196. The average molecular weight is 385 g/mol. The Morgan fingerprint density at radius 1 is 1.40 bits per heavy atom. The minimum atomic E-state index is -0.145. The summed E-state index contributed by atoms with van der Waals surface area (Å²) in [5, 5.41) is 0. The second kappa shape index (κ2) is 5.58. The third kappa shape index (κ3) is 2.99. The molecule has 0 spiro atoms. The van der Waals surface area contributed by atoms with Crippen LogP contribution >= 0.6 is 0 Å². The van der Waals surface area contributed by atoms with Gasteiger partial charge in [0, 0.05) is 21.1 Å². The van der Waals surface area contributed by atoms with Crippen LogP contribution in [0.15, 0.2) is 18.2 Å². The number of carbonyl (C=O) groups excluding carboxylic acids is 1. The maximum Gasteiger partial charge on any atom is 0.126 e. The van der Waals surface area contributed by atoms with Crippen LogP contribution in [0.5, 0.6) is 0 Å². The molecule has 0 aliphatic rings. The zero-order chi connectivity index (χ0) is 10.8. The van der Waals surface area contributed by atoms with Crippen LogP contribution in [0, 0.1) is 6.07 Å². The van der Waals surface area contributed by atoms with Gasteiger partial charge in [-0.15, -0.1) is 5.56 Å². The zero-order valence-corrected chi connectivity index (χ0v) is 11.8. The van der Waals surface area contributed by atoms with Gasteiger partial charge in [-0.1, -0.05) is 19.4 Å². The molecule has 1 rings (SSSR count). The van der Waals surface area contributed by atoms with E-state index in [9.17, 15) is 4.79 Å². The van der Waals surface area contributed by atoms with E-state index in [2.05, 4.69) is 24.8 Å². The summed E-state index contributed by atoms with van der Waals surface area (Å²) in [6.07, 6.45) is 0.897. The van der Waals surface area contributed by atoms with Crippen LogP contribution in [0.1, 0.15) is 29.8 Å². The zero-order valence-electron chi connectivity index (χ0n) is 9.48. The number of hydrogen-bond donors (Lipinski definition) is 0. The Morgan fingerprint density at radius 3 is 2.47 bits per heavy atom. The second-order valence-corrected chi connectivity index (χ2v) is 4.08. The second-order valence-electron chi connectivity index (χ2n) is 4.08. The molecule has 0 unspecified atom stereocenters. The monoisotopic (exact) mass is 385 g/mol. The Hall–Kier alpha value is -0.462. The molecular weight excluding hydrogens is 369 g/mol. The summed E-state index contributed by atoms with van der Waals surface area (Å²) < 4.78 is 0. The number of aldehydes is 1. The molecule has 0 aliphatic heterocycles. The van der Waals surface area contributed by atoms with Crippen LogP contribution in [0.4, 0.5) is 0 Å². The van der Waals surface area contributed by atoms with Gasteiger partial charge in [-0.2, -0.15) is 24.3 Å². The van der Waals surface area contributed by atoms with Gasteiger partial charge < -0.3 is 9.69 Å². The summed E-state index contributed by atoms with van der Waals surface area (Å²) in [4.78, 5) is 13.0. The predicted octanol–water partition coefficient (Wildman–Crippen LogP) is 2.09. The molecule has 0 amide bonds. The van der Waals surface area contributed by atoms with E-state index in [1.54, 1.807) is 12.1 Å². The van der Waals surface area contributed by atoms with E-state index in [4.69, 9.17) is 0 Å². The van der Waals surface area contributed by atoms with Crippen molar-refractivity contribution in [2.75, 3.05) is 14.1 Å². The van der Waals surface area contributed by atoms with Gasteiger partial charge >= 0.3 is 0 Å². The molecule has 0 saturated carbocycles. The van der Waals surface area contributed by atoms with E-state index < -0.39 is 0 Å². The third-order valence-electron chi connectivity index (χ3n) is 2.80. The first kappa shape index (κ1) is 14.5. The molecular formula is C12H16NOPt-. The molecule has 0 bridgehead atoms. The molecule has 1 aromatic rings. The first-order valence-electron chi connectivity index (χ1n) is 4.63.